The first-order valence-corrected chi connectivity index (χ1v) is 41.9. The highest BCUT2D eigenvalue weighted by molar-refractivity contribution is 5.83. The normalized spacial score (nSPS) is 36.5. The van der Waals surface area contributed by atoms with Gasteiger partial charge in [-0.15, -0.1) is 0 Å². The molecule has 0 aromatic rings. The molecule has 14 bridgehead atoms. The molecule has 2 saturated heterocycles. The third-order valence-electron chi connectivity index (χ3n) is 29.0. The lowest BCUT2D eigenvalue weighted by atomic mass is 9.50. The second-order valence-corrected chi connectivity index (χ2v) is 40.7. The molecule has 0 aromatic carbocycles. The highest BCUT2D eigenvalue weighted by Crippen LogP contribution is 2.63. The number of esters is 9. The zero-order valence-electron chi connectivity index (χ0n) is 69.5. The Bertz CT molecular complexity index is 3080. The number of carbonyl (C=O) groups excluding carboxylic acids is 9. The zero-order chi connectivity index (χ0) is 79.3. The van der Waals surface area contributed by atoms with Crippen LogP contribution in [0.3, 0.4) is 0 Å². The summed E-state index contributed by atoms with van der Waals surface area (Å²) >= 11 is 0. The lowest BCUT2D eigenvalue weighted by Crippen LogP contribution is -2.61. The molecule has 2 aliphatic heterocycles. The summed E-state index contributed by atoms with van der Waals surface area (Å²) in [4.78, 5) is 107. The monoisotopic (exact) mass is 1500 g/mol. The van der Waals surface area contributed by atoms with Crippen molar-refractivity contribution in [3.05, 3.63) is 0 Å². The van der Waals surface area contributed by atoms with Gasteiger partial charge in [0.15, 0.2) is 6.61 Å². The predicted molar refractivity (Wildman–Crippen MR) is 402 cm³/mol. The minimum absolute atomic E-state index is 0.0185. The molecule has 17 fully saturated rings. The van der Waals surface area contributed by atoms with Crippen molar-refractivity contribution in [1.82, 2.24) is 0 Å². The molecule has 10 unspecified atom stereocenters. The highest BCUT2D eigenvalue weighted by atomic mass is 16.6. The number of ether oxygens (including phenoxy) is 9. The third-order valence-corrected chi connectivity index (χ3v) is 29.0. The fraction of sp³-hybridized carbons (Fsp3) is 0.897. The number of cyclic esters (lactones) is 1. The molecule has 608 valence electrons. The lowest BCUT2D eigenvalue weighted by Gasteiger charge is -2.59. The zero-order valence-corrected chi connectivity index (χ0v) is 69.5. The molecular formula is C87H140O20. The fourth-order valence-corrected chi connectivity index (χ4v) is 20.9. The van der Waals surface area contributed by atoms with Crippen molar-refractivity contribution in [3.8, 4) is 0 Å². The summed E-state index contributed by atoms with van der Waals surface area (Å²) in [7, 11) is 0. The number of carbonyl (C=O) groups is 9. The number of hydrogen-bond acceptors (Lipinski definition) is 20. The van der Waals surface area contributed by atoms with Crippen LogP contribution in [0.25, 0.3) is 0 Å². The van der Waals surface area contributed by atoms with Gasteiger partial charge in [0, 0.05) is 31.1 Å². The van der Waals surface area contributed by atoms with E-state index in [1.807, 2.05) is 96.9 Å². The molecule has 15 aliphatic carbocycles. The summed E-state index contributed by atoms with van der Waals surface area (Å²) in [6, 6.07) is 0. The molecule has 17 aliphatic rings. The maximum atomic E-state index is 12.5. The van der Waals surface area contributed by atoms with Crippen molar-refractivity contribution in [1.29, 1.82) is 0 Å². The molecule has 107 heavy (non-hydrogen) atoms. The number of fused-ring (bicyclic) bond motifs is 1. The van der Waals surface area contributed by atoms with Crippen LogP contribution in [0.2, 0.25) is 0 Å². The van der Waals surface area contributed by atoms with Gasteiger partial charge in [-0.25, -0.2) is 9.59 Å². The van der Waals surface area contributed by atoms with Gasteiger partial charge in [0.05, 0.1) is 56.2 Å². The van der Waals surface area contributed by atoms with Crippen LogP contribution in [-0.2, 0) is 85.8 Å². The molecule has 2 N–H and O–H groups in total. The Balaban J connectivity index is 0.000000149. The molecule has 17 rings (SSSR count). The first-order valence-electron chi connectivity index (χ1n) is 41.9. The average molecular weight is 1510 g/mol. The van der Waals surface area contributed by atoms with Gasteiger partial charge in [-0.05, 0) is 318 Å². The van der Waals surface area contributed by atoms with Crippen LogP contribution in [0.5, 0.6) is 0 Å². The molecule has 15 saturated carbocycles. The van der Waals surface area contributed by atoms with Crippen molar-refractivity contribution >= 4 is 53.7 Å². The number of aliphatic hydroxyl groups is 2. The van der Waals surface area contributed by atoms with Gasteiger partial charge in [-0.1, -0.05) is 41.5 Å². The van der Waals surface area contributed by atoms with E-state index in [4.69, 9.17) is 37.9 Å². The summed E-state index contributed by atoms with van der Waals surface area (Å²) in [6.07, 6.45) is 28.4. The van der Waals surface area contributed by atoms with Gasteiger partial charge in [-0.2, -0.15) is 0 Å². The van der Waals surface area contributed by atoms with Crippen molar-refractivity contribution in [3.63, 3.8) is 0 Å². The topological polar surface area (TPSA) is 277 Å². The van der Waals surface area contributed by atoms with E-state index in [9.17, 15) is 53.4 Å². The SMILES string of the molecule is CC(C)(C)C(=O)OCC(=O)OC1CCOC1=O.CCC(C)(C)C(=O)OC1(C)C2CC3CC(C2)CC1C3.CCC(C)(C)C(=O)OC12CC3CC(CC(O)(C3)C1)C2.CCC(C)(C)C(=O)OC12CC3CC(CC(O)(C3)C1)C2.CCC(C)(C)C(=O)OC1C2CC3C(=O)OC1C3C2.CCC1(OC(=O)C(C)(C)CC)CCCC1. The molecule has 0 aromatic heterocycles. The Hall–Kier alpha value is -4.85. The van der Waals surface area contributed by atoms with E-state index in [-0.39, 0.29) is 93.8 Å². The first-order chi connectivity index (χ1) is 49.6. The van der Waals surface area contributed by atoms with Gasteiger partial charge in [0.2, 0.25) is 6.10 Å². The number of hydrogen-bond donors (Lipinski definition) is 2. The third kappa shape index (κ3) is 19.6. The molecule has 0 amide bonds. The summed E-state index contributed by atoms with van der Waals surface area (Å²) < 4.78 is 49.1. The van der Waals surface area contributed by atoms with E-state index < -0.39 is 63.5 Å². The summed E-state index contributed by atoms with van der Waals surface area (Å²) in [6.45, 7) is 38.8. The van der Waals surface area contributed by atoms with E-state index in [1.165, 1.54) is 57.8 Å². The van der Waals surface area contributed by atoms with Crippen LogP contribution in [-0.4, -0.2) is 129 Å². The van der Waals surface area contributed by atoms with E-state index in [0.29, 0.717) is 66.6 Å². The minimum atomic E-state index is -0.865. The molecule has 10 atom stereocenters. The highest BCUT2D eigenvalue weighted by Gasteiger charge is 2.65. The molecule has 2 heterocycles. The Labute approximate surface area is 640 Å². The Morgan fingerprint density at radius 3 is 1.25 bits per heavy atom. The van der Waals surface area contributed by atoms with Crippen molar-refractivity contribution in [2.75, 3.05) is 13.2 Å². The van der Waals surface area contributed by atoms with Crippen LogP contribution < -0.4 is 0 Å². The molecule has 0 spiro atoms. The summed E-state index contributed by atoms with van der Waals surface area (Å²) in [5, 5.41) is 21.3. The van der Waals surface area contributed by atoms with Gasteiger partial charge in [-0.3, -0.25) is 33.6 Å². The Kier molecular flexibility index (Phi) is 26.0. The Morgan fingerprint density at radius 2 is 0.869 bits per heavy atom. The van der Waals surface area contributed by atoms with Crippen molar-refractivity contribution in [2.24, 2.45) is 97.6 Å². The quantitative estimate of drug-likeness (QED) is 0.0898. The van der Waals surface area contributed by atoms with Crippen LogP contribution >= 0.6 is 0 Å². The van der Waals surface area contributed by atoms with Gasteiger partial charge in [0.1, 0.15) is 34.6 Å². The molecular weight excluding hydrogens is 1360 g/mol. The van der Waals surface area contributed by atoms with Gasteiger partial charge < -0.3 is 52.8 Å². The van der Waals surface area contributed by atoms with Crippen LogP contribution in [0.15, 0.2) is 0 Å². The molecule has 20 nitrogen and oxygen atoms in total. The largest absolute Gasteiger partial charge is 0.463 e. The summed E-state index contributed by atoms with van der Waals surface area (Å²) in [5.74, 6) is 3.83. The Morgan fingerprint density at radius 1 is 0.467 bits per heavy atom. The van der Waals surface area contributed by atoms with Crippen LogP contribution in [0.4, 0.5) is 0 Å². The van der Waals surface area contributed by atoms with Crippen LogP contribution in [0, 0.1) is 97.6 Å². The summed E-state index contributed by atoms with van der Waals surface area (Å²) in [5.41, 5.74) is -4.75. The van der Waals surface area contributed by atoms with Crippen molar-refractivity contribution < 1.29 is 96.0 Å². The molecule has 20 heteroatoms. The predicted octanol–water partition coefficient (Wildman–Crippen LogP) is 16.3. The fourth-order valence-electron chi connectivity index (χ4n) is 20.9. The lowest BCUT2D eigenvalue weighted by molar-refractivity contribution is -0.226. The maximum Gasteiger partial charge on any atom is 0.347 e. The van der Waals surface area contributed by atoms with E-state index in [0.717, 1.165) is 127 Å². The van der Waals surface area contributed by atoms with Crippen LogP contribution in [0.1, 0.15) is 331 Å². The standard InChI is InChI=1S/C17H28O2.2C16H26O3.C14H20O4.C13H24O2.C11H16O6/c1-5-16(2,3)15(18)19-17(4)13-7-11-6-12(9-13)10-14(17)8-11;2*1-4-14(2,3)13(17)19-16-8-11-5-12(9-16)7-15(18,6-11)10-16;1-4-14(2,3)13(16)18-10-7-5-8-9(6-7)12(15)17-11(8)10;1-5-12(3,4)11(14)15-13(6-2)9-7-8-10-13;1-11(2,3)10(14)16-6-8(12)17-7-4-5-15-9(7)13/h11-14H,5-10H2,1-4H3;2*11-12,18H,4-10H2,1-3H3;7-11H,4-6H2,1-3H3;5-10H2,1-4H3;7H,4-6H2,1-3H3. The molecule has 0 radical (unpaired) electrons. The van der Waals surface area contributed by atoms with Gasteiger partial charge in [0.25, 0.3) is 0 Å². The average Bonchev–Trinajstić information content (AvgIpc) is 1.67. The second-order valence-electron chi connectivity index (χ2n) is 40.7. The maximum absolute atomic E-state index is 12.5. The van der Waals surface area contributed by atoms with E-state index >= 15 is 0 Å². The minimum Gasteiger partial charge on any atom is -0.463 e. The van der Waals surface area contributed by atoms with E-state index in [1.54, 1.807) is 20.8 Å². The first kappa shape index (κ1) is 86.1. The second kappa shape index (κ2) is 32.3. The van der Waals surface area contributed by atoms with E-state index in [2.05, 4.69) is 25.5 Å². The van der Waals surface area contributed by atoms with Gasteiger partial charge >= 0.3 is 53.7 Å². The smallest absolute Gasteiger partial charge is 0.347 e. The number of rotatable bonds is 19. The van der Waals surface area contributed by atoms with Crippen molar-refractivity contribution in [2.45, 2.75) is 383 Å².